The molecule has 1 saturated carbocycles. The number of nitrogens with one attached hydrogen (secondary N) is 2. The predicted molar refractivity (Wildman–Crippen MR) is 99.9 cm³/mol. The molecule has 25 heavy (non-hydrogen) atoms. The van der Waals surface area contributed by atoms with E-state index in [2.05, 4.69) is 24.5 Å². The Labute approximate surface area is 151 Å². The lowest BCUT2D eigenvalue weighted by molar-refractivity contribution is -0.115. The number of sulfonamides is 1. The van der Waals surface area contributed by atoms with Gasteiger partial charge in [0, 0.05) is 25.8 Å². The third-order valence-corrected chi connectivity index (χ3v) is 6.94. The Morgan fingerprint density at radius 3 is 2.64 bits per heavy atom. The van der Waals surface area contributed by atoms with Crippen molar-refractivity contribution in [1.29, 1.82) is 0 Å². The summed E-state index contributed by atoms with van der Waals surface area (Å²) in [5, 5.41) is 6.12. The normalized spacial score (nSPS) is 24.3. The van der Waals surface area contributed by atoms with E-state index in [1.54, 1.807) is 12.1 Å². The van der Waals surface area contributed by atoms with Crippen LogP contribution in [-0.4, -0.2) is 45.3 Å². The van der Waals surface area contributed by atoms with Gasteiger partial charge in [0.2, 0.25) is 15.9 Å². The maximum absolute atomic E-state index is 12.2. The Kier molecular flexibility index (Phi) is 6.59. The largest absolute Gasteiger partial charge is 0.325 e. The predicted octanol–water partition coefficient (Wildman–Crippen LogP) is 2.29. The van der Waals surface area contributed by atoms with Crippen LogP contribution in [0.3, 0.4) is 0 Å². The van der Waals surface area contributed by atoms with Crippen LogP contribution in [0.4, 0.5) is 5.69 Å². The van der Waals surface area contributed by atoms with Crippen molar-refractivity contribution in [2.75, 3.05) is 26.0 Å². The molecule has 1 fully saturated rings. The van der Waals surface area contributed by atoms with Crippen LogP contribution < -0.4 is 10.6 Å². The molecule has 3 atom stereocenters. The van der Waals surface area contributed by atoms with Gasteiger partial charge in [-0.05, 0) is 36.5 Å². The van der Waals surface area contributed by atoms with E-state index in [4.69, 9.17) is 0 Å². The number of hydrogen-bond acceptors (Lipinski definition) is 4. The number of rotatable bonds is 6. The van der Waals surface area contributed by atoms with Crippen LogP contribution >= 0.6 is 0 Å². The molecule has 2 rings (SSSR count). The fraction of sp³-hybridized carbons (Fsp3) is 0.611. The molecule has 1 aromatic carbocycles. The summed E-state index contributed by atoms with van der Waals surface area (Å²) >= 11 is 0. The van der Waals surface area contributed by atoms with Crippen molar-refractivity contribution in [3.8, 4) is 0 Å². The number of nitrogens with zero attached hydrogens (tertiary/aromatic N) is 1. The first-order chi connectivity index (χ1) is 11.7. The summed E-state index contributed by atoms with van der Waals surface area (Å²) < 4.78 is 25.5. The van der Waals surface area contributed by atoms with Crippen LogP contribution in [0.5, 0.6) is 0 Å². The SMILES string of the molecule is C[C@H]1[C@H](C)CCC[C@@H]1NCC(=O)Nc1cccc(S(=O)(=O)N(C)C)c1. The van der Waals surface area contributed by atoms with Crippen molar-refractivity contribution in [1.82, 2.24) is 9.62 Å². The highest BCUT2D eigenvalue weighted by Gasteiger charge is 2.27. The zero-order valence-corrected chi connectivity index (χ0v) is 16.3. The molecule has 0 radical (unpaired) electrons. The Hall–Kier alpha value is -1.44. The molecule has 0 saturated heterocycles. The second-order valence-electron chi connectivity index (χ2n) is 7.12. The maximum atomic E-state index is 12.2. The molecule has 1 aliphatic carbocycles. The number of benzene rings is 1. The van der Waals surface area contributed by atoms with Gasteiger partial charge in [-0.1, -0.05) is 32.8 Å². The van der Waals surface area contributed by atoms with Crippen molar-refractivity contribution < 1.29 is 13.2 Å². The Bertz CT molecular complexity index is 703. The molecule has 0 heterocycles. The zero-order valence-electron chi connectivity index (χ0n) is 15.5. The van der Waals surface area contributed by atoms with Crippen LogP contribution in [0.15, 0.2) is 29.2 Å². The summed E-state index contributed by atoms with van der Waals surface area (Å²) in [5.74, 6) is 1.06. The second kappa shape index (κ2) is 8.29. The molecule has 6 nitrogen and oxygen atoms in total. The molecule has 1 aliphatic rings. The molecule has 0 aromatic heterocycles. The van der Waals surface area contributed by atoms with Gasteiger partial charge in [-0.25, -0.2) is 12.7 Å². The van der Waals surface area contributed by atoms with Gasteiger partial charge in [0.1, 0.15) is 0 Å². The molecule has 0 spiro atoms. The number of amides is 1. The average Bonchev–Trinajstić information content (AvgIpc) is 2.56. The van der Waals surface area contributed by atoms with E-state index in [1.807, 2.05) is 0 Å². The van der Waals surface area contributed by atoms with Crippen molar-refractivity contribution in [3.05, 3.63) is 24.3 Å². The number of anilines is 1. The lowest BCUT2D eigenvalue weighted by atomic mass is 9.78. The van der Waals surface area contributed by atoms with Gasteiger partial charge in [0.15, 0.2) is 0 Å². The van der Waals surface area contributed by atoms with Gasteiger partial charge in [-0.2, -0.15) is 0 Å². The summed E-state index contributed by atoms with van der Waals surface area (Å²) in [5.41, 5.74) is 0.486. The maximum Gasteiger partial charge on any atom is 0.242 e. The van der Waals surface area contributed by atoms with E-state index in [0.717, 1.165) is 10.7 Å². The first-order valence-corrected chi connectivity index (χ1v) is 10.2. The highest BCUT2D eigenvalue weighted by Crippen LogP contribution is 2.29. The monoisotopic (exact) mass is 367 g/mol. The van der Waals surface area contributed by atoms with Gasteiger partial charge in [0.05, 0.1) is 11.4 Å². The Balaban J connectivity index is 1.95. The number of hydrogen-bond donors (Lipinski definition) is 2. The molecule has 0 bridgehead atoms. The lowest BCUT2D eigenvalue weighted by Crippen LogP contribution is -2.43. The molecule has 1 amide bonds. The van der Waals surface area contributed by atoms with E-state index < -0.39 is 10.0 Å². The zero-order chi connectivity index (χ0) is 18.6. The molecular formula is C18H29N3O3S. The van der Waals surface area contributed by atoms with Crippen LogP contribution in [-0.2, 0) is 14.8 Å². The van der Waals surface area contributed by atoms with E-state index in [1.165, 1.54) is 39.1 Å². The number of carbonyl (C=O) groups excluding carboxylic acids is 1. The summed E-state index contributed by atoms with van der Waals surface area (Å²) in [6.45, 7) is 4.72. The fourth-order valence-electron chi connectivity index (χ4n) is 3.24. The minimum Gasteiger partial charge on any atom is -0.325 e. The number of carbonyl (C=O) groups is 1. The van der Waals surface area contributed by atoms with Crippen LogP contribution in [0.1, 0.15) is 33.1 Å². The minimum absolute atomic E-state index is 0.162. The van der Waals surface area contributed by atoms with Gasteiger partial charge < -0.3 is 10.6 Å². The highest BCUT2D eigenvalue weighted by molar-refractivity contribution is 7.89. The first-order valence-electron chi connectivity index (χ1n) is 8.77. The topological polar surface area (TPSA) is 78.5 Å². The summed E-state index contributed by atoms with van der Waals surface area (Å²) in [6, 6.07) is 6.68. The smallest absolute Gasteiger partial charge is 0.242 e. The van der Waals surface area contributed by atoms with Gasteiger partial charge in [-0.15, -0.1) is 0 Å². The Morgan fingerprint density at radius 1 is 1.24 bits per heavy atom. The molecular weight excluding hydrogens is 338 g/mol. The average molecular weight is 368 g/mol. The fourth-order valence-corrected chi connectivity index (χ4v) is 4.19. The van der Waals surface area contributed by atoms with Gasteiger partial charge in [-0.3, -0.25) is 4.79 Å². The van der Waals surface area contributed by atoms with Crippen molar-refractivity contribution in [2.45, 2.75) is 44.0 Å². The standard InChI is InChI=1S/C18H29N3O3S/c1-13-7-5-10-17(14(13)2)19-12-18(22)20-15-8-6-9-16(11-15)25(23,24)21(3)4/h6,8-9,11,13-14,17,19H,5,7,10,12H2,1-4H3,(H,20,22)/t13-,14+,17+/m1/s1. The van der Waals surface area contributed by atoms with Crippen LogP contribution in [0.25, 0.3) is 0 Å². The second-order valence-corrected chi connectivity index (χ2v) is 9.27. The third kappa shape index (κ3) is 5.03. The van der Waals surface area contributed by atoms with Crippen LogP contribution in [0, 0.1) is 11.8 Å². The summed E-state index contributed by atoms with van der Waals surface area (Å²) in [4.78, 5) is 12.4. The molecule has 1 aromatic rings. The molecule has 2 N–H and O–H groups in total. The first kappa shape index (κ1) is 19.9. The lowest BCUT2D eigenvalue weighted by Gasteiger charge is -2.34. The molecule has 140 valence electrons. The van der Waals surface area contributed by atoms with E-state index in [-0.39, 0.29) is 17.3 Å². The summed E-state index contributed by atoms with van der Waals surface area (Å²) in [7, 11) is -0.546. The van der Waals surface area contributed by atoms with Gasteiger partial charge in [0.25, 0.3) is 0 Å². The van der Waals surface area contributed by atoms with Crippen molar-refractivity contribution in [2.24, 2.45) is 11.8 Å². The van der Waals surface area contributed by atoms with Gasteiger partial charge >= 0.3 is 0 Å². The molecule has 0 unspecified atom stereocenters. The quantitative estimate of drug-likeness (QED) is 0.809. The Morgan fingerprint density at radius 2 is 1.96 bits per heavy atom. The third-order valence-electron chi connectivity index (χ3n) is 5.13. The minimum atomic E-state index is -3.51. The molecule has 7 heteroatoms. The van der Waals surface area contributed by atoms with E-state index in [9.17, 15) is 13.2 Å². The van der Waals surface area contributed by atoms with E-state index in [0.29, 0.717) is 23.6 Å². The van der Waals surface area contributed by atoms with Crippen molar-refractivity contribution in [3.63, 3.8) is 0 Å². The van der Waals surface area contributed by atoms with Crippen molar-refractivity contribution >= 4 is 21.6 Å². The van der Waals surface area contributed by atoms with Crippen LogP contribution in [0.2, 0.25) is 0 Å². The highest BCUT2D eigenvalue weighted by atomic mass is 32.2. The summed E-state index contributed by atoms with van der Waals surface area (Å²) in [6.07, 6.45) is 3.53. The van der Waals surface area contributed by atoms with E-state index >= 15 is 0 Å². The molecule has 0 aliphatic heterocycles.